The Morgan fingerprint density at radius 1 is 1.31 bits per heavy atom. The van der Waals surface area contributed by atoms with Gasteiger partial charge >= 0.3 is 0 Å². The second-order valence-electron chi connectivity index (χ2n) is 4.67. The summed E-state index contributed by atoms with van der Waals surface area (Å²) in [7, 11) is 1.70. The molecule has 1 aliphatic rings. The van der Waals surface area contributed by atoms with Crippen molar-refractivity contribution >= 4 is 11.6 Å². The molecule has 0 spiro atoms. The van der Waals surface area contributed by atoms with Crippen molar-refractivity contribution in [3.8, 4) is 5.75 Å². The fraction of sp³-hybridized carbons (Fsp3) is 0.571. The summed E-state index contributed by atoms with van der Waals surface area (Å²) in [5, 5.41) is 0.174. The molecule has 2 rings (SSSR count). The van der Waals surface area contributed by atoms with Gasteiger partial charge in [0.1, 0.15) is 5.75 Å². The summed E-state index contributed by atoms with van der Waals surface area (Å²) >= 11 is 6.57. The molecule has 88 valence electrons. The van der Waals surface area contributed by atoms with E-state index < -0.39 is 0 Å². The monoisotopic (exact) mass is 238 g/mol. The van der Waals surface area contributed by atoms with Crippen molar-refractivity contribution in [2.24, 2.45) is 5.92 Å². The van der Waals surface area contributed by atoms with E-state index in [9.17, 15) is 0 Å². The van der Waals surface area contributed by atoms with Crippen LogP contribution in [0.1, 0.15) is 42.2 Å². The molecule has 1 aliphatic carbocycles. The molecule has 1 unspecified atom stereocenters. The van der Waals surface area contributed by atoms with Crippen LogP contribution in [0, 0.1) is 12.8 Å². The number of benzene rings is 1. The van der Waals surface area contributed by atoms with Gasteiger partial charge in [0, 0.05) is 0 Å². The Kier molecular flexibility index (Phi) is 3.75. The smallest absolute Gasteiger partial charge is 0.119 e. The highest BCUT2D eigenvalue weighted by molar-refractivity contribution is 6.21. The SMILES string of the molecule is COc1ccc(C(Cl)C2CCCC2)c(C)c1. The third-order valence-electron chi connectivity index (χ3n) is 3.59. The first-order valence-electron chi connectivity index (χ1n) is 6.01. The van der Waals surface area contributed by atoms with Gasteiger partial charge in [0.15, 0.2) is 0 Å². The van der Waals surface area contributed by atoms with Crippen molar-refractivity contribution in [3.05, 3.63) is 29.3 Å². The van der Waals surface area contributed by atoms with Gasteiger partial charge < -0.3 is 4.74 Å². The number of halogens is 1. The summed E-state index contributed by atoms with van der Waals surface area (Å²) in [4.78, 5) is 0. The molecule has 1 nitrogen and oxygen atoms in total. The van der Waals surface area contributed by atoms with E-state index in [2.05, 4.69) is 19.1 Å². The molecule has 0 saturated heterocycles. The third kappa shape index (κ3) is 2.35. The average Bonchev–Trinajstić information content (AvgIpc) is 2.81. The van der Waals surface area contributed by atoms with Gasteiger partial charge in [-0.25, -0.2) is 0 Å². The molecule has 1 fully saturated rings. The Morgan fingerprint density at radius 3 is 2.56 bits per heavy atom. The molecular formula is C14H19ClO. The zero-order valence-electron chi connectivity index (χ0n) is 10.0. The summed E-state index contributed by atoms with van der Waals surface area (Å²) in [6, 6.07) is 6.19. The fourth-order valence-corrected chi connectivity index (χ4v) is 3.09. The van der Waals surface area contributed by atoms with Crippen LogP contribution in [0.25, 0.3) is 0 Å². The molecule has 1 saturated carbocycles. The number of hydrogen-bond acceptors (Lipinski definition) is 1. The van der Waals surface area contributed by atoms with Crippen LogP contribution in [-0.2, 0) is 0 Å². The molecular weight excluding hydrogens is 220 g/mol. The van der Waals surface area contributed by atoms with Crippen LogP contribution in [0.4, 0.5) is 0 Å². The molecule has 0 amide bonds. The fourth-order valence-electron chi connectivity index (χ4n) is 2.59. The van der Waals surface area contributed by atoms with Crippen molar-refractivity contribution in [1.29, 1.82) is 0 Å². The second kappa shape index (κ2) is 5.09. The lowest BCUT2D eigenvalue weighted by Gasteiger charge is -2.19. The molecule has 16 heavy (non-hydrogen) atoms. The van der Waals surface area contributed by atoms with E-state index in [4.69, 9.17) is 16.3 Å². The van der Waals surface area contributed by atoms with Gasteiger partial charge in [-0.15, -0.1) is 11.6 Å². The average molecular weight is 239 g/mol. The Labute approximate surface area is 103 Å². The van der Waals surface area contributed by atoms with Crippen molar-refractivity contribution in [2.75, 3.05) is 7.11 Å². The van der Waals surface area contributed by atoms with Crippen LogP contribution in [0.2, 0.25) is 0 Å². The van der Waals surface area contributed by atoms with E-state index in [1.807, 2.05) is 6.07 Å². The van der Waals surface area contributed by atoms with Gasteiger partial charge in [0.2, 0.25) is 0 Å². The van der Waals surface area contributed by atoms with Gasteiger partial charge in [-0.05, 0) is 48.9 Å². The first kappa shape index (κ1) is 11.8. The topological polar surface area (TPSA) is 9.23 Å². The maximum absolute atomic E-state index is 6.57. The van der Waals surface area contributed by atoms with Crippen LogP contribution in [0.5, 0.6) is 5.75 Å². The molecule has 0 bridgehead atoms. The minimum absolute atomic E-state index is 0.174. The number of aryl methyl sites for hydroxylation is 1. The van der Waals surface area contributed by atoms with E-state index in [1.54, 1.807) is 7.11 Å². The molecule has 1 atom stereocenters. The molecule has 0 aromatic heterocycles. The lowest BCUT2D eigenvalue weighted by molar-refractivity contribution is 0.414. The minimum Gasteiger partial charge on any atom is -0.497 e. The van der Waals surface area contributed by atoms with Crippen LogP contribution in [0.15, 0.2) is 18.2 Å². The van der Waals surface area contributed by atoms with E-state index in [-0.39, 0.29) is 5.38 Å². The van der Waals surface area contributed by atoms with Crippen LogP contribution in [-0.4, -0.2) is 7.11 Å². The zero-order valence-corrected chi connectivity index (χ0v) is 10.8. The predicted molar refractivity (Wildman–Crippen MR) is 68.3 cm³/mol. The first-order chi connectivity index (χ1) is 7.72. The molecule has 1 aromatic carbocycles. The molecule has 0 heterocycles. The third-order valence-corrected chi connectivity index (χ3v) is 4.18. The van der Waals surface area contributed by atoms with E-state index in [1.165, 1.54) is 36.8 Å². The highest BCUT2D eigenvalue weighted by atomic mass is 35.5. The standard InChI is InChI=1S/C14H19ClO/c1-10-9-12(16-2)7-8-13(10)14(15)11-5-3-4-6-11/h7-9,11,14H,3-6H2,1-2H3. The molecule has 0 radical (unpaired) electrons. The number of methoxy groups -OCH3 is 1. The van der Waals surface area contributed by atoms with E-state index in [0.717, 1.165) is 5.75 Å². The number of alkyl halides is 1. The Balaban J connectivity index is 2.19. The summed E-state index contributed by atoms with van der Waals surface area (Å²) < 4.78 is 5.21. The summed E-state index contributed by atoms with van der Waals surface area (Å²) in [6.45, 7) is 2.11. The van der Waals surface area contributed by atoms with Gasteiger partial charge in [-0.1, -0.05) is 18.9 Å². The van der Waals surface area contributed by atoms with Crippen LogP contribution >= 0.6 is 11.6 Å². The lowest BCUT2D eigenvalue weighted by Crippen LogP contribution is -2.05. The maximum Gasteiger partial charge on any atom is 0.119 e. The van der Waals surface area contributed by atoms with Crippen molar-refractivity contribution in [3.63, 3.8) is 0 Å². The lowest BCUT2D eigenvalue weighted by atomic mass is 9.94. The minimum atomic E-state index is 0.174. The number of ether oxygens (including phenoxy) is 1. The quantitative estimate of drug-likeness (QED) is 0.706. The molecule has 0 aliphatic heterocycles. The number of rotatable bonds is 3. The Hall–Kier alpha value is -0.690. The van der Waals surface area contributed by atoms with Crippen molar-refractivity contribution in [2.45, 2.75) is 38.0 Å². The van der Waals surface area contributed by atoms with Crippen LogP contribution < -0.4 is 4.74 Å². The normalized spacial score (nSPS) is 18.7. The highest BCUT2D eigenvalue weighted by Crippen LogP contribution is 2.41. The second-order valence-corrected chi connectivity index (χ2v) is 5.14. The van der Waals surface area contributed by atoms with Crippen molar-refractivity contribution in [1.82, 2.24) is 0 Å². The van der Waals surface area contributed by atoms with E-state index >= 15 is 0 Å². The summed E-state index contributed by atoms with van der Waals surface area (Å²) in [6.07, 6.45) is 5.23. The maximum atomic E-state index is 6.57. The van der Waals surface area contributed by atoms with Crippen LogP contribution in [0.3, 0.4) is 0 Å². The van der Waals surface area contributed by atoms with E-state index in [0.29, 0.717) is 5.92 Å². The highest BCUT2D eigenvalue weighted by Gasteiger charge is 2.25. The number of hydrogen-bond donors (Lipinski definition) is 0. The Bertz CT molecular complexity index is 356. The molecule has 1 aromatic rings. The first-order valence-corrected chi connectivity index (χ1v) is 6.44. The Morgan fingerprint density at radius 2 is 2.00 bits per heavy atom. The largest absolute Gasteiger partial charge is 0.497 e. The summed E-state index contributed by atoms with van der Waals surface area (Å²) in [5.41, 5.74) is 2.51. The predicted octanol–water partition coefficient (Wildman–Crippen LogP) is 4.47. The molecule has 2 heteroatoms. The van der Waals surface area contributed by atoms with Crippen molar-refractivity contribution < 1.29 is 4.74 Å². The van der Waals surface area contributed by atoms with Gasteiger partial charge in [-0.3, -0.25) is 0 Å². The zero-order chi connectivity index (χ0) is 11.5. The van der Waals surface area contributed by atoms with Gasteiger partial charge in [0.05, 0.1) is 12.5 Å². The molecule has 0 N–H and O–H groups in total. The van der Waals surface area contributed by atoms with Gasteiger partial charge in [-0.2, -0.15) is 0 Å². The van der Waals surface area contributed by atoms with Gasteiger partial charge in [0.25, 0.3) is 0 Å². The summed E-state index contributed by atoms with van der Waals surface area (Å²) in [5.74, 6) is 1.57.